The Labute approximate surface area is 225 Å². The van der Waals surface area contributed by atoms with E-state index < -0.39 is 67.9 Å². The number of hydrogen-bond acceptors (Lipinski definition) is 12. The van der Waals surface area contributed by atoms with Gasteiger partial charge in [0, 0.05) is 0 Å². The zero-order valence-corrected chi connectivity index (χ0v) is 24.4. The van der Waals surface area contributed by atoms with Crippen LogP contribution in [0.1, 0.15) is 73.6 Å². The maximum absolute atomic E-state index is 13.3. The van der Waals surface area contributed by atoms with E-state index in [0.717, 1.165) is 6.42 Å². The molecule has 222 valence electrons. The van der Waals surface area contributed by atoms with Crippen molar-refractivity contribution in [1.82, 2.24) is 0 Å². The number of esters is 3. The molecule has 38 heavy (non-hydrogen) atoms. The molecular formula is C25H45O12P. The van der Waals surface area contributed by atoms with Crippen LogP contribution < -0.4 is 4.89 Å². The zero-order valence-electron chi connectivity index (χ0n) is 23.5. The molecule has 0 saturated heterocycles. The number of hydrogen-bond donors (Lipinski definition) is 2. The molecule has 0 aliphatic heterocycles. The van der Waals surface area contributed by atoms with Gasteiger partial charge >= 0.3 is 17.9 Å². The van der Waals surface area contributed by atoms with E-state index in [1.54, 1.807) is 34.6 Å². The Balaban J connectivity index is 5.71. The summed E-state index contributed by atoms with van der Waals surface area (Å²) in [5, 5.41) is 18.5. The van der Waals surface area contributed by atoms with Crippen LogP contribution in [-0.4, -0.2) is 73.9 Å². The van der Waals surface area contributed by atoms with Crippen LogP contribution in [0.15, 0.2) is 0 Å². The van der Waals surface area contributed by atoms with Crippen molar-refractivity contribution in [2.75, 3.05) is 39.6 Å². The number of unbranched alkanes of at least 4 members (excludes halogenated alkanes) is 1. The lowest BCUT2D eigenvalue weighted by atomic mass is 9.65. The summed E-state index contributed by atoms with van der Waals surface area (Å²) in [4.78, 5) is 50.6. The molecule has 0 aliphatic carbocycles. The van der Waals surface area contributed by atoms with Crippen LogP contribution in [0.4, 0.5) is 0 Å². The van der Waals surface area contributed by atoms with Gasteiger partial charge in [-0.1, -0.05) is 20.3 Å². The molecule has 4 unspecified atom stereocenters. The summed E-state index contributed by atoms with van der Waals surface area (Å²) in [5.41, 5.74) is -3.74. The van der Waals surface area contributed by atoms with Gasteiger partial charge < -0.3 is 33.8 Å². The molecule has 0 aromatic heterocycles. The highest BCUT2D eigenvalue weighted by Gasteiger charge is 2.50. The number of carbonyl (C=O) groups is 3. The lowest BCUT2D eigenvalue weighted by Gasteiger charge is -2.39. The average molecular weight is 569 g/mol. The maximum atomic E-state index is 13.3. The summed E-state index contributed by atoms with van der Waals surface area (Å²) >= 11 is 0. The minimum absolute atomic E-state index is 0.0399. The van der Waals surface area contributed by atoms with Gasteiger partial charge in [0.2, 0.25) is 0 Å². The normalized spacial score (nSPS) is 17.4. The van der Waals surface area contributed by atoms with Crippen molar-refractivity contribution >= 4 is 25.7 Å². The maximum Gasteiger partial charge on any atom is 0.311 e. The van der Waals surface area contributed by atoms with Crippen molar-refractivity contribution in [3.05, 3.63) is 6.92 Å². The quantitative estimate of drug-likeness (QED) is 0.0721. The van der Waals surface area contributed by atoms with E-state index in [1.165, 1.54) is 0 Å². The SMILES string of the molecule is [CH2+]COP(=O)([O-])OCCOC(=O)C(C)(CC)CC(C)(CC(C)(C)C(=O)OCC(O)CO)C(=O)OCCCC. The van der Waals surface area contributed by atoms with Crippen LogP contribution in [-0.2, 0) is 42.2 Å². The summed E-state index contributed by atoms with van der Waals surface area (Å²) < 4.78 is 36.3. The first-order valence-corrected chi connectivity index (χ1v) is 14.2. The van der Waals surface area contributed by atoms with Gasteiger partial charge in [-0.2, -0.15) is 0 Å². The standard InChI is InChI=1S/C25H45O12P/c1-8-11-12-33-22(30)25(7,17-23(4,5)20(28)35-16-19(27)15-26)18-24(6,9-2)21(29)34-13-14-37-38(31,32)36-10-3/h19,26-27H,3,8-18H2,1-2,4-7H3. The molecule has 0 fully saturated rings. The fourth-order valence-electron chi connectivity index (χ4n) is 3.97. The lowest BCUT2D eigenvalue weighted by molar-refractivity contribution is -0.225. The molecular weight excluding hydrogens is 523 g/mol. The van der Waals surface area contributed by atoms with E-state index in [2.05, 4.69) is 16.0 Å². The highest BCUT2D eigenvalue weighted by molar-refractivity contribution is 7.45. The Hall–Kier alpha value is -1.69. The van der Waals surface area contributed by atoms with Crippen molar-refractivity contribution < 1.29 is 57.3 Å². The monoisotopic (exact) mass is 568 g/mol. The fourth-order valence-corrected chi connectivity index (χ4v) is 4.56. The number of carbonyl (C=O) groups excluding carboxylic acids is 3. The summed E-state index contributed by atoms with van der Waals surface area (Å²) in [6.45, 7) is 11.3. The first kappa shape index (κ1) is 36.3. The molecule has 2 N–H and O–H groups in total. The van der Waals surface area contributed by atoms with Crippen molar-refractivity contribution in [3.8, 4) is 0 Å². The summed E-state index contributed by atoms with van der Waals surface area (Å²) in [5.74, 6) is -1.96. The van der Waals surface area contributed by atoms with Crippen LogP contribution in [0.2, 0.25) is 0 Å². The number of phosphoric acid groups is 1. The smallest absolute Gasteiger partial charge is 0.311 e. The van der Waals surface area contributed by atoms with Crippen LogP contribution in [0.3, 0.4) is 0 Å². The highest BCUT2D eigenvalue weighted by Crippen LogP contribution is 2.46. The minimum Gasteiger partial charge on any atom is -0.756 e. The van der Waals surface area contributed by atoms with Gasteiger partial charge in [-0.15, -0.1) is 0 Å². The largest absolute Gasteiger partial charge is 0.756 e. The molecule has 0 bridgehead atoms. The third kappa shape index (κ3) is 12.4. The molecule has 0 heterocycles. The topological polar surface area (TPSA) is 178 Å². The van der Waals surface area contributed by atoms with Gasteiger partial charge in [-0.25, -0.2) is 0 Å². The summed E-state index contributed by atoms with van der Waals surface area (Å²) in [7, 11) is -4.55. The van der Waals surface area contributed by atoms with Crippen LogP contribution in [0, 0.1) is 23.2 Å². The molecule has 0 spiro atoms. The van der Waals surface area contributed by atoms with Crippen molar-refractivity contribution in [1.29, 1.82) is 0 Å². The molecule has 0 aromatic rings. The van der Waals surface area contributed by atoms with Gasteiger partial charge in [-0.05, 0) is 53.4 Å². The summed E-state index contributed by atoms with van der Waals surface area (Å²) in [6, 6.07) is 0. The third-order valence-electron chi connectivity index (χ3n) is 6.09. The Kier molecular flexibility index (Phi) is 15.7. The Morgan fingerprint density at radius 1 is 0.895 bits per heavy atom. The van der Waals surface area contributed by atoms with Crippen LogP contribution in [0.5, 0.6) is 0 Å². The molecule has 0 aromatic carbocycles. The van der Waals surface area contributed by atoms with E-state index in [9.17, 15) is 28.9 Å². The second-order valence-electron chi connectivity index (χ2n) is 10.4. The second-order valence-corrected chi connectivity index (χ2v) is 11.8. The first-order chi connectivity index (χ1) is 17.5. The molecule has 0 saturated carbocycles. The number of phosphoric ester groups is 1. The van der Waals surface area contributed by atoms with E-state index in [1.807, 2.05) is 6.92 Å². The van der Waals surface area contributed by atoms with Gasteiger partial charge in [-0.3, -0.25) is 23.5 Å². The van der Waals surface area contributed by atoms with Crippen molar-refractivity contribution in [3.63, 3.8) is 0 Å². The van der Waals surface area contributed by atoms with E-state index in [4.69, 9.17) is 19.3 Å². The average Bonchev–Trinajstić information content (AvgIpc) is 2.84. The number of aliphatic hydroxyl groups is 2. The van der Waals surface area contributed by atoms with Crippen LogP contribution in [0.25, 0.3) is 0 Å². The predicted molar refractivity (Wildman–Crippen MR) is 135 cm³/mol. The Morgan fingerprint density at radius 2 is 1.47 bits per heavy atom. The molecule has 12 nitrogen and oxygen atoms in total. The number of aliphatic hydroxyl groups excluding tert-OH is 2. The van der Waals surface area contributed by atoms with Crippen LogP contribution >= 0.6 is 7.82 Å². The molecule has 0 radical (unpaired) electrons. The van der Waals surface area contributed by atoms with Crippen molar-refractivity contribution in [2.45, 2.75) is 79.8 Å². The van der Waals surface area contributed by atoms with E-state index in [0.29, 0.717) is 6.42 Å². The van der Waals surface area contributed by atoms with Gasteiger partial charge in [0.15, 0.2) is 6.61 Å². The van der Waals surface area contributed by atoms with E-state index >= 15 is 0 Å². The number of ether oxygens (including phenoxy) is 3. The summed E-state index contributed by atoms with van der Waals surface area (Å²) in [6.07, 6.45) is 0.382. The third-order valence-corrected chi connectivity index (χ3v) is 7.09. The fraction of sp³-hybridized carbons (Fsp3) is 0.840. The molecule has 0 amide bonds. The predicted octanol–water partition coefficient (Wildman–Crippen LogP) is 2.33. The Morgan fingerprint density at radius 3 is 2.00 bits per heavy atom. The minimum atomic E-state index is -4.55. The zero-order chi connectivity index (χ0) is 29.6. The second kappa shape index (κ2) is 16.4. The van der Waals surface area contributed by atoms with Crippen molar-refractivity contribution in [2.24, 2.45) is 16.2 Å². The molecule has 0 aliphatic rings. The van der Waals surface area contributed by atoms with E-state index in [-0.39, 0.29) is 39.1 Å². The number of rotatable bonds is 20. The molecule has 13 heteroatoms. The van der Waals surface area contributed by atoms with Gasteiger partial charge in [0.1, 0.15) is 19.3 Å². The van der Waals surface area contributed by atoms with Gasteiger partial charge in [0.05, 0.1) is 43.0 Å². The highest BCUT2D eigenvalue weighted by atomic mass is 31.2. The molecule has 0 rings (SSSR count). The van der Waals surface area contributed by atoms with Gasteiger partial charge in [0.25, 0.3) is 7.82 Å². The first-order valence-electron chi connectivity index (χ1n) is 12.7. The Bertz CT molecular complexity index is 801. The molecule has 4 atom stereocenters. The lowest BCUT2D eigenvalue weighted by Crippen LogP contribution is -2.44.